The standard InChI is InChI=1S/C17H22N4O3/c1-11-9-14(19-18-11)15(22)20-21-16(23)24-10-12-5-7-13(8-6-12)17(2,3)4/h5-9H,10H2,1-4H3,(H,18,19)(H,20,22)(H,21,23). The van der Waals surface area contributed by atoms with Gasteiger partial charge in [-0.3, -0.25) is 15.3 Å². The van der Waals surface area contributed by atoms with Gasteiger partial charge in [0.2, 0.25) is 0 Å². The molecule has 0 unspecified atom stereocenters. The number of ether oxygens (including phenoxy) is 1. The third-order valence-electron chi connectivity index (χ3n) is 3.41. The number of carbonyl (C=O) groups excluding carboxylic acids is 2. The van der Waals surface area contributed by atoms with Gasteiger partial charge in [0.15, 0.2) is 5.69 Å². The zero-order valence-corrected chi connectivity index (χ0v) is 14.3. The molecule has 0 aliphatic rings. The average Bonchev–Trinajstić information content (AvgIpc) is 2.96. The number of H-pyrrole nitrogens is 1. The number of aromatic amines is 1. The minimum Gasteiger partial charge on any atom is -0.443 e. The molecule has 0 saturated carbocycles. The molecule has 0 radical (unpaired) electrons. The summed E-state index contributed by atoms with van der Waals surface area (Å²) in [5.41, 5.74) is 7.50. The van der Waals surface area contributed by atoms with Gasteiger partial charge in [-0.1, -0.05) is 45.0 Å². The van der Waals surface area contributed by atoms with Crippen LogP contribution in [0.1, 0.15) is 48.1 Å². The zero-order chi connectivity index (χ0) is 17.7. The number of nitrogens with one attached hydrogen (secondary N) is 3. The van der Waals surface area contributed by atoms with Gasteiger partial charge >= 0.3 is 6.09 Å². The summed E-state index contributed by atoms with van der Waals surface area (Å²) in [5, 5.41) is 6.43. The first-order valence-corrected chi connectivity index (χ1v) is 7.60. The largest absolute Gasteiger partial charge is 0.443 e. The molecular formula is C17H22N4O3. The number of carbonyl (C=O) groups is 2. The molecule has 2 rings (SSSR count). The van der Waals surface area contributed by atoms with E-state index in [1.54, 1.807) is 13.0 Å². The highest BCUT2D eigenvalue weighted by atomic mass is 16.6. The van der Waals surface area contributed by atoms with Crippen LogP contribution in [0.2, 0.25) is 0 Å². The molecular weight excluding hydrogens is 308 g/mol. The normalized spacial score (nSPS) is 11.0. The lowest BCUT2D eigenvalue weighted by molar-refractivity contribution is 0.0900. The summed E-state index contributed by atoms with van der Waals surface area (Å²) < 4.78 is 5.05. The van der Waals surface area contributed by atoms with E-state index in [9.17, 15) is 9.59 Å². The zero-order valence-electron chi connectivity index (χ0n) is 14.3. The molecule has 7 heteroatoms. The van der Waals surface area contributed by atoms with E-state index in [0.29, 0.717) is 0 Å². The highest BCUT2D eigenvalue weighted by Gasteiger charge is 2.13. The van der Waals surface area contributed by atoms with Crippen LogP contribution < -0.4 is 10.9 Å². The highest BCUT2D eigenvalue weighted by molar-refractivity contribution is 5.93. The second-order valence-electron chi connectivity index (χ2n) is 6.54. The minimum atomic E-state index is -0.740. The Labute approximate surface area is 140 Å². The van der Waals surface area contributed by atoms with Gasteiger partial charge in [0.05, 0.1) is 0 Å². The smallest absolute Gasteiger partial charge is 0.426 e. The van der Waals surface area contributed by atoms with Gasteiger partial charge in [-0.05, 0) is 29.5 Å². The summed E-state index contributed by atoms with van der Waals surface area (Å²) in [5.74, 6) is -0.522. The Kier molecular flexibility index (Phi) is 5.23. The van der Waals surface area contributed by atoms with Gasteiger partial charge in [-0.2, -0.15) is 5.10 Å². The first kappa shape index (κ1) is 17.5. The Balaban J connectivity index is 1.78. The molecule has 128 valence electrons. The molecule has 7 nitrogen and oxygen atoms in total. The predicted molar refractivity (Wildman–Crippen MR) is 89.3 cm³/mol. The second kappa shape index (κ2) is 7.16. The van der Waals surface area contributed by atoms with Crippen molar-refractivity contribution in [3.63, 3.8) is 0 Å². The Morgan fingerprint density at radius 2 is 1.83 bits per heavy atom. The number of nitrogens with zero attached hydrogens (tertiary/aromatic N) is 1. The molecule has 1 aromatic carbocycles. The van der Waals surface area contributed by atoms with E-state index >= 15 is 0 Å². The third kappa shape index (κ3) is 4.84. The molecule has 1 heterocycles. The molecule has 0 atom stereocenters. The number of amides is 2. The van der Waals surface area contributed by atoms with E-state index in [4.69, 9.17) is 4.74 Å². The fraction of sp³-hybridized carbons (Fsp3) is 0.353. The fourth-order valence-corrected chi connectivity index (χ4v) is 1.99. The van der Waals surface area contributed by atoms with Crippen molar-refractivity contribution in [1.82, 2.24) is 21.0 Å². The van der Waals surface area contributed by atoms with Crippen LogP contribution in [-0.2, 0) is 16.8 Å². The van der Waals surface area contributed by atoms with Gasteiger partial charge in [0.25, 0.3) is 5.91 Å². The number of rotatable bonds is 3. The number of hydrazine groups is 1. The molecule has 2 aromatic rings. The molecule has 0 aliphatic carbocycles. The van der Waals surface area contributed by atoms with E-state index in [2.05, 4.69) is 41.8 Å². The lowest BCUT2D eigenvalue weighted by atomic mass is 9.87. The summed E-state index contributed by atoms with van der Waals surface area (Å²) in [4.78, 5) is 23.3. The van der Waals surface area contributed by atoms with Crippen LogP contribution in [0.15, 0.2) is 30.3 Å². The Morgan fingerprint density at radius 1 is 1.17 bits per heavy atom. The first-order chi connectivity index (χ1) is 11.3. The van der Waals surface area contributed by atoms with Crippen molar-refractivity contribution >= 4 is 12.0 Å². The highest BCUT2D eigenvalue weighted by Crippen LogP contribution is 2.22. The maximum Gasteiger partial charge on any atom is 0.426 e. The second-order valence-corrected chi connectivity index (χ2v) is 6.54. The van der Waals surface area contributed by atoms with Gasteiger partial charge in [0.1, 0.15) is 6.61 Å². The van der Waals surface area contributed by atoms with Crippen molar-refractivity contribution in [1.29, 1.82) is 0 Å². The average molecular weight is 330 g/mol. The van der Waals surface area contributed by atoms with Crippen LogP contribution in [0, 0.1) is 6.92 Å². The predicted octanol–water partition coefficient (Wildman–Crippen LogP) is 2.59. The molecule has 3 N–H and O–H groups in total. The lowest BCUT2D eigenvalue weighted by Crippen LogP contribution is -2.42. The van der Waals surface area contributed by atoms with Crippen molar-refractivity contribution in [3.8, 4) is 0 Å². The number of aromatic nitrogens is 2. The van der Waals surface area contributed by atoms with E-state index in [1.807, 2.05) is 24.3 Å². The third-order valence-corrected chi connectivity index (χ3v) is 3.41. The summed E-state index contributed by atoms with van der Waals surface area (Å²) >= 11 is 0. The number of hydrogen-bond donors (Lipinski definition) is 3. The molecule has 1 aromatic heterocycles. The van der Waals surface area contributed by atoms with Crippen molar-refractivity contribution in [2.45, 2.75) is 39.7 Å². The number of hydrogen-bond acceptors (Lipinski definition) is 4. The van der Waals surface area contributed by atoms with Gasteiger partial charge in [-0.15, -0.1) is 0 Å². The van der Waals surface area contributed by atoms with Crippen molar-refractivity contribution < 1.29 is 14.3 Å². The van der Waals surface area contributed by atoms with E-state index in [1.165, 1.54) is 5.56 Å². The van der Waals surface area contributed by atoms with E-state index in [0.717, 1.165) is 11.3 Å². The molecule has 2 amide bonds. The number of aryl methyl sites for hydroxylation is 1. The van der Waals surface area contributed by atoms with Crippen LogP contribution in [0.25, 0.3) is 0 Å². The Morgan fingerprint density at radius 3 is 2.38 bits per heavy atom. The summed E-state index contributed by atoms with van der Waals surface area (Å²) in [7, 11) is 0. The maximum absolute atomic E-state index is 11.7. The molecule has 0 spiro atoms. The number of benzene rings is 1. The van der Waals surface area contributed by atoms with E-state index < -0.39 is 12.0 Å². The summed E-state index contributed by atoms with van der Waals surface area (Å²) in [6.45, 7) is 8.30. The van der Waals surface area contributed by atoms with Crippen LogP contribution in [0.4, 0.5) is 4.79 Å². The SMILES string of the molecule is Cc1cc(C(=O)NNC(=O)OCc2ccc(C(C)(C)C)cc2)n[nH]1. The van der Waals surface area contributed by atoms with Crippen molar-refractivity contribution in [3.05, 3.63) is 52.8 Å². The van der Waals surface area contributed by atoms with Gasteiger partial charge < -0.3 is 4.74 Å². The molecule has 0 saturated heterocycles. The minimum absolute atomic E-state index is 0.0751. The summed E-state index contributed by atoms with van der Waals surface area (Å²) in [6.07, 6.45) is -0.740. The van der Waals surface area contributed by atoms with Gasteiger partial charge in [-0.25, -0.2) is 10.2 Å². The van der Waals surface area contributed by atoms with Crippen LogP contribution >= 0.6 is 0 Å². The Hall–Kier alpha value is -2.83. The van der Waals surface area contributed by atoms with E-state index in [-0.39, 0.29) is 17.7 Å². The maximum atomic E-state index is 11.7. The van der Waals surface area contributed by atoms with Crippen LogP contribution in [-0.4, -0.2) is 22.2 Å². The monoisotopic (exact) mass is 330 g/mol. The molecule has 0 fully saturated rings. The van der Waals surface area contributed by atoms with Crippen molar-refractivity contribution in [2.24, 2.45) is 0 Å². The quantitative estimate of drug-likeness (QED) is 0.754. The Bertz CT molecular complexity index is 714. The van der Waals surface area contributed by atoms with Crippen LogP contribution in [0.3, 0.4) is 0 Å². The first-order valence-electron chi connectivity index (χ1n) is 7.60. The topological polar surface area (TPSA) is 96.1 Å². The van der Waals surface area contributed by atoms with Gasteiger partial charge in [0, 0.05) is 5.69 Å². The van der Waals surface area contributed by atoms with Crippen molar-refractivity contribution in [2.75, 3.05) is 0 Å². The summed E-state index contributed by atoms with van der Waals surface area (Å²) in [6, 6.07) is 9.42. The lowest BCUT2D eigenvalue weighted by Gasteiger charge is -2.19. The fourth-order valence-electron chi connectivity index (χ4n) is 1.99. The molecule has 0 aliphatic heterocycles. The molecule has 0 bridgehead atoms. The molecule has 24 heavy (non-hydrogen) atoms. The van der Waals surface area contributed by atoms with Crippen LogP contribution in [0.5, 0.6) is 0 Å².